The maximum Gasteiger partial charge on any atom is 0.137 e. The molecule has 0 atom stereocenters. The van der Waals surface area contributed by atoms with Crippen LogP contribution in [-0.4, -0.2) is 21.9 Å². The lowest BCUT2D eigenvalue weighted by molar-refractivity contribution is 0.412. The van der Waals surface area contributed by atoms with Gasteiger partial charge in [-0.05, 0) is 33.6 Å². The van der Waals surface area contributed by atoms with Gasteiger partial charge in [-0.15, -0.1) is 0 Å². The third-order valence-corrected chi connectivity index (χ3v) is 2.65. The Balaban J connectivity index is 2.20. The van der Waals surface area contributed by atoms with Crippen molar-refractivity contribution < 1.29 is 4.74 Å². The summed E-state index contributed by atoms with van der Waals surface area (Å²) in [6.45, 7) is 0.711. The molecule has 0 saturated heterocycles. The largest absolute Gasteiger partial charge is 0.496 e. The van der Waals surface area contributed by atoms with Crippen LogP contribution >= 0.6 is 15.9 Å². The third kappa shape index (κ3) is 2.36. The van der Waals surface area contributed by atoms with E-state index in [9.17, 15) is 0 Å². The Morgan fingerprint density at radius 2 is 2.33 bits per heavy atom. The molecule has 0 aliphatic heterocycles. The highest BCUT2D eigenvalue weighted by molar-refractivity contribution is 9.10. The van der Waals surface area contributed by atoms with Crippen LogP contribution in [0.15, 0.2) is 35.3 Å². The predicted octanol–water partition coefficient (Wildman–Crippen LogP) is 2.10. The summed E-state index contributed by atoms with van der Waals surface area (Å²) in [5, 5.41) is 4.04. The van der Waals surface area contributed by atoms with Crippen molar-refractivity contribution in [2.45, 2.75) is 6.54 Å². The monoisotopic (exact) mass is 267 g/mol. The second-order valence-electron chi connectivity index (χ2n) is 3.06. The molecule has 1 heterocycles. The number of hydrogen-bond donors (Lipinski definition) is 0. The van der Waals surface area contributed by atoms with Crippen molar-refractivity contribution >= 4 is 15.9 Å². The van der Waals surface area contributed by atoms with Gasteiger partial charge < -0.3 is 4.74 Å². The van der Waals surface area contributed by atoms with Crippen molar-refractivity contribution in [1.82, 2.24) is 14.8 Å². The summed E-state index contributed by atoms with van der Waals surface area (Å²) in [6, 6.07) is 5.95. The van der Waals surface area contributed by atoms with Gasteiger partial charge in [-0.3, -0.25) is 0 Å². The smallest absolute Gasteiger partial charge is 0.137 e. The summed E-state index contributed by atoms with van der Waals surface area (Å²) in [4.78, 5) is 3.89. The first-order valence-corrected chi connectivity index (χ1v) is 5.23. The standard InChI is InChI=1S/C10H10BrN3O/c1-15-10-3-2-8(4-9(10)11)5-14-7-12-6-13-14/h2-4,6-7H,5H2,1H3. The minimum absolute atomic E-state index is 0.711. The molecule has 0 unspecified atom stereocenters. The first kappa shape index (κ1) is 10.2. The van der Waals surface area contributed by atoms with Crippen molar-refractivity contribution in [3.63, 3.8) is 0 Å². The average Bonchev–Trinajstić information content (AvgIpc) is 2.71. The Labute approximate surface area is 96.0 Å². The highest BCUT2D eigenvalue weighted by atomic mass is 79.9. The van der Waals surface area contributed by atoms with Gasteiger partial charge in [-0.2, -0.15) is 5.10 Å². The van der Waals surface area contributed by atoms with Crippen LogP contribution in [0.1, 0.15) is 5.56 Å². The number of ether oxygens (including phenoxy) is 1. The lowest BCUT2D eigenvalue weighted by Gasteiger charge is -2.06. The van der Waals surface area contributed by atoms with Gasteiger partial charge in [0, 0.05) is 0 Å². The number of halogens is 1. The second kappa shape index (κ2) is 4.44. The molecule has 15 heavy (non-hydrogen) atoms. The first-order valence-electron chi connectivity index (χ1n) is 4.44. The Bertz CT molecular complexity index is 442. The fourth-order valence-electron chi connectivity index (χ4n) is 1.31. The number of methoxy groups -OCH3 is 1. The van der Waals surface area contributed by atoms with Crippen LogP contribution in [0.3, 0.4) is 0 Å². The van der Waals surface area contributed by atoms with Crippen molar-refractivity contribution in [3.05, 3.63) is 40.9 Å². The van der Waals surface area contributed by atoms with Gasteiger partial charge in [0.2, 0.25) is 0 Å². The molecule has 0 aliphatic rings. The van der Waals surface area contributed by atoms with E-state index in [4.69, 9.17) is 4.74 Å². The number of aromatic nitrogens is 3. The van der Waals surface area contributed by atoms with Crippen LogP contribution in [-0.2, 0) is 6.54 Å². The van der Waals surface area contributed by atoms with E-state index in [1.165, 1.54) is 6.33 Å². The van der Waals surface area contributed by atoms with Gasteiger partial charge in [0.25, 0.3) is 0 Å². The van der Waals surface area contributed by atoms with E-state index in [1.807, 2.05) is 18.2 Å². The second-order valence-corrected chi connectivity index (χ2v) is 3.92. The molecule has 0 radical (unpaired) electrons. The van der Waals surface area contributed by atoms with Gasteiger partial charge >= 0.3 is 0 Å². The number of hydrogen-bond acceptors (Lipinski definition) is 3. The van der Waals surface area contributed by atoms with Crippen molar-refractivity contribution in [1.29, 1.82) is 0 Å². The van der Waals surface area contributed by atoms with E-state index in [0.717, 1.165) is 15.8 Å². The van der Waals surface area contributed by atoms with Crippen LogP contribution in [0.2, 0.25) is 0 Å². The minimum Gasteiger partial charge on any atom is -0.496 e. The molecule has 0 aliphatic carbocycles. The van der Waals surface area contributed by atoms with Crippen LogP contribution in [0, 0.1) is 0 Å². The molecular formula is C10H10BrN3O. The van der Waals surface area contributed by atoms with Crippen molar-refractivity contribution in [2.24, 2.45) is 0 Å². The lowest BCUT2D eigenvalue weighted by Crippen LogP contribution is -2.00. The highest BCUT2D eigenvalue weighted by Gasteiger charge is 2.02. The van der Waals surface area contributed by atoms with Gasteiger partial charge in [-0.1, -0.05) is 6.07 Å². The van der Waals surface area contributed by atoms with Crippen LogP contribution in [0.5, 0.6) is 5.75 Å². The van der Waals surface area contributed by atoms with Crippen LogP contribution in [0.4, 0.5) is 0 Å². The zero-order valence-electron chi connectivity index (χ0n) is 8.22. The van der Waals surface area contributed by atoms with Gasteiger partial charge in [0.1, 0.15) is 18.4 Å². The summed E-state index contributed by atoms with van der Waals surface area (Å²) in [6.07, 6.45) is 3.22. The van der Waals surface area contributed by atoms with E-state index >= 15 is 0 Å². The fourth-order valence-corrected chi connectivity index (χ4v) is 1.90. The van der Waals surface area contributed by atoms with Crippen molar-refractivity contribution in [2.75, 3.05) is 7.11 Å². The molecule has 2 rings (SSSR count). The predicted molar refractivity (Wildman–Crippen MR) is 59.8 cm³/mol. The van der Waals surface area contributed by atoms with Gasteiger partial charge in [0.15, 0.2) is 0 Å². The topological polar surface area (TPSA) is 39.9 Å². The third-order valence-electron chi connectivity index (χ3n) is 2.03. The molecule has 0 spiro atoms. The van der Waals surface area contributed by atoms with E-state index in [-0.39, 0.29) is 0 Å². The van der Waals surface area contributed by atoms with Gasteiger partial charge in [-0.25, -0.2) is 9.67 Å². The normalized spacial score (nSPS) is 10.3. The minimum atomic E-state index is 0.711. The summed E-state index contributed by atoms with van der Waals surface area (Å²) in [5.74, 6) is 0.831. The Hall–Kier alpha value is -1.36. The number of benzene rings is 1. The maximum atomic E-state index is 5.15. The quantitative estimate of drug-likeness (QED) is 0.855. The Morgan fingerprint density at radius 3 is 2.93 bits per heavy atom. The number of rotatable bonds is 3. The number of nitrogens with zero attached hydrogens (tertiary/aromatic N) is 3. The fraction of sp³-hybridized carbons (Fsp3) is 0.200. The molecule has 0 fully saturated rings. The Kier molecular flexibility index (Phi) is 3.01. The molecule has 1 aromatic carbocycles. The lowest BCUT2D eigenvalue weighted by atomic mass is 10.2. The molecule has 0 amide bonds. The van der Waals surface area contributed by atoms with Crippen LogP contribution in [0.25, 0.3) is 0 Å². The molecular weight excluding hydrogens is 258 g/mol. The summed E-state index contributed by atoms with van der Waals surface area (Å²) in [7, 11) is 1.65. The SMILES string of the molecule is COc1ccc(Cn2cncn2)cc1Br. The average molecular weight is 268 g/mol. The molecule has 0 N–H and O–H groups in total. The van der Waals surface area contributed by atoms with E-state index < -0.39 is 0 Å². The van der Waals surface area contributed by atoms with Gasteiger partial charge in [0.05, 0.1) is 18.1 Å². The molecule has 4 nitrogen and oxygen atoms in total. The molecule has 78 valence electrons. The molecule has 2 aromatic rings. The summed E-state index contributed by atoms with van der Waals surface area (Å²) in [5.41, 5.74) is 1.15. The molecule has 1 aromatic heterocycles. The molecule has 5 heteroatoms. The van der Waals surface area contributed by atoms with Crippen molar-refractivity contribution in [3.8, 4) is 5.75 Å². The van der Waals surface area contributed by atoms with E-state index in [0.29, 0.717) is 6.54 Å². The summed E-state index contributed by atoms with van der Waals surface area (Å²) >= 11 is 3.44. The van der Waals surface area contributed by atoms with Crippen LogP contribution < -0.4 is 4.74 Å². The molecule has 0 bridgehead atoms. The van der Waals surface area contributed by atoms with E-state index in [2.05, 4.69) is 26.0 Å². The van der Waals surface area contributed by atoms with E-state index in [1.54, 1.807) is 18.1 Å². The molecule has 0 saturated carbocycles. The first-order chi connectivity index (χ1) is 7.29. The maximum absolute atomic E-state index is 5.15. The zero-order chi connectivity index (χ0) is 10.7. The Morgan fingerprint density at radius 1 is 1.47 bits per heavy atom. The summed E-state index contributed by atoms with van der Waals surface area (Å²) < 4.78 is 7.87. The highest BCUT2D eigenvalue weighted by Crippen LogP contribution is 2.25. The zero-order valence-corrected chi connectivity index (χ0v) is 9.81.